The van der Waals surface area contributed by atoms with E-state index in [2.05, 4.69) is 30.9 Å². The fraction of sp³-hybridized carbons (Fsp3) is 0.333. The van der Waals surface area contributed by atoms with Gasteiger partial charge in [-0.05, 0) is 49.2 Å². The van der Waals surface area contributed by atoms with Crippen LogP contribution in [0.1, 0.15) is 22.3 Å². The molecule has 2 heterocycles. The van der Waals surface area contributed by atoms with Crippen molar-refractivity contribution in [3.63, 3.8) is 0 Å². The van der Waals surface area contributed by atoms with Crippen LogP contribution in [0.4, 0.5) is 17.6 Å². The van der Waals surface area contributed by atoms with E-state index in [0.717, 1.165) is 25.1 Å². The zero-order valence-corrected chi connectivity index (χ0v) is 13.9. The van der Waals surface area contributed by atoms with Crippen LogP contribution in [0.3, 0.4) is 0 Å². The number of primary amides is 1. The Hall–Kier alpha value is -2.45. The number of benzene rings is 1. The molecular formula is C15H18ClN7O. The second-order valence-corrected chi connectivity index (χ2v) is 5.94. The van der Waals surface area contributed by atoms with Crippen LogP contribution in [0.15, 0.2) is 18.2 Å². The first-order chi connectivity index (χ1) is 11.5. The van der Waals surface area contributed by atoms with Crippen molar-refractivity contribution in [1.82, 2.24) is 20.3 Å². The fourth-order valence-electron chi connectivity index (χ4n) is 2.46. The minimum atomic E-state index is -0.497. The summed E-state index contributed by atoms with van der Waals surface area (Å²) in [6.45, 7) is 3.71. The lowest BCUT2D eigenvalue weighted by molar-refractivity contribution is 0.100. The molecule has 1 atom stereocenters. The minimum absolute atomic E-state index is 0.0877. The Bertz CT molecular complexity index is 761. The first-order valence-corrected chi connectivity index (χ1v) is 7.95. The summed E-state index contributed by atoms with van der Waals surface area (Å²) >= 11 is 5.99. The Balaban J connectivity index is 1.83. The maximum absolute atomic E-state index is 11.3. The maximum Gasteiger partial charge on any atom is 0.248 e. The highest BCUT2D eigenvalue weighted by atomic mass is 35.5. The molecule has 126 valence electrons. The number of rotatable bonds is 5. The molecule has 9 heteroatoms. The van der Waals surface area contributed by atoms with Gasteiger partial charge in [-0.25, -0.2) is 0 Å². The number of aryl methyl sites for hydroxylation is 1. The van der Waals surface area contributed by atoms with Gasteiger partial charge in [-0.15, -0.1) is 0 Å². The number of aromatic nitrogens is 3. The molecule has 0 spiro atoms. The lowest BCUT2D eigenvalue weighted by atomic mass is 10.1. The van der Waals surface area contributed by atoms with Gasteiger partial charge in [0.15, 0.2) is 0 Å². The highest BCUT2D eigenvalue weighted by molar-refractivity contribution is 6.28. The number of nitrogens with zero attached hydrogens (tertiary/aromatic N) is 3. The molecule has 1 aliphatic heterocycles. The number of carbonyl (C=O) groups excluding carboxylic acids is 1. The lowest BCUT2D eigenvalue weighted by Crippen LogP contribution is -2.23. The topological polar surface area (TPSA) is 118 Å². The van der Waals surface area contributed by atoms with Crippen molar-refractivity contribution in [2.24, 2.45) is 5.73 Å². The van der Waals surface area contributed by atoms with Crippen molar-refractivity contribution in [3.8, 4) is 0 Å². The second-order valence-electron chi connectivity index (χ2n) is 5.60. The van der Waals surface area contributed by atoms with Crippen molar-refractivity contribution in [3.05, 3.63) is 34.6 Å². The van der Waals surface area contributed by atoms with Gasteiger partial charge in [-0.3, -0.25) is 4.79 Å². The largest absolute Gasteiger partial charge is 0.366 e. The van der Waals surface area contributed by atoms with Crippen molar-refractivity contribution in [1.29, 1.82) is 0 Å². The maximum atomic E-state index is 11.3. The van der Waals surface area contributed by atoms with Gasteiger partial charge in [0.25, 0.3) is 0 Å². The lowest BCUT2D eigenvalue weighted by Gasteiger charge is -2.13. The van der Waals surface area contributed by atoms with E-state index in [9.17, 15) is 4.79 Å². The number of carbonyl (C=O) groups is 1. The highest BCUT2D eigenvalue weighted by Crippen LogP contribution is 2.21. The second kappa shape index (κ2) is 6.98. The van der Waals surface area contributed by atoms with Gasteiger partial charge in [-0.2, -0.15) is 15.0 Å². The van der Waals surface area contributed by atoms with Gasteiger partial charge >= 0.3 is 0 Å². The molecule has 24 heavy (non-hydrogen) atoms. The Morgan fingerprint density at radius 1 is 1.33 bits per heavy atom. The van der Waals surface area contributed by atoms with Crippen molar-refractivity contribution in [2.45, 2.75) is 19.4 Å². The Morgan fingerprint density at radius 3 is 2.83 bits per heavy atom. The van der Waals surface area contributed by atoms with E-state index in [0.29, 0.717) is 23.1 Å². The van der Waals surface area contributed by atoms with E-state index in [-0.39, 0.29) is 11.3 Å². The molecule has 0 unspecified atom stereocenters. The molecule has 2 aromatic rings. The SMILES string of the molecule is Cc1ccc(C(N)=O)cc1Nc1nc(Cl)nc(N[C@@H]2CCNC2)n1. The molecule has 1 saturated heterocycles. The molecule has 5 N–H and O–H groups in total. The van der Waals surface area contributed by atoms with Crippen LogP contribution in [-0.2, 0) is 0 Å². The Kier molecular flexibility index (Phi) is 4.77. The summed E-state index contributed by atoms with van der Waals surface area (Å²) in [5.74, 6) is 0.214. The van der Waals surface area contributed by atoms with Crippen LogP contribution in [0.25, 0.3) is 0 Å². The number of anilines is 3. The van der Waals surface area contributed by atoms with Crippen molar-refractivity contribution >= 4 is 35.1 Å². The average Bonchev–Trinajstić information content (AvgIpc) is 3.01. The first-order valence-electron chi connectivity index (χ1n) is 7.57. The monoisotopic (exact) mass is 347 g/mol. The summed E-state index contributed by atoms with van der Waals surface area (Å²) in [4.78, 5) is 23.8. The summed E-state index contributed by atoms with van der Waals surface area (Å²) in [7, 11) is 0. The average molecular weight is 348 g/mol. The zero-order chi connectivity index (χ0) is 17.1. The summed E-state index contributed by atoms with van der Waals surface area (Å²) in [6, 6.07) is 5.39. The van der Waals surface area contributed by atoms with Gasteiger partial charge in [0.05, 0.1) is 0 Å². The van der Waals surface area contributed by atoms with E-state index in [4.69, 9.17) is 17.3 Å². The van der Waals surface area contributed by atoms with Crippen LogP contribution in [0.5, 0.6) is 0 Å². The van der Waals surface area contributed by atoms with Gasteiger partial charge in [0.2, 0.25) is 23.1 Å². The minimum Gasteiger partial charge on any atom is -0.366 e. The molecule has 0 radical (unpaired) electrons. The molecule has 1 aromatic carbocycles. The smallest absolute Gasteiger partial charge is 0.248 e. The molecule has 0 bridgehead atoms. The number of hydrogen-bond donors (Lipinski definition) is 4. The molecule has 0 aliphatic carbocycles. The van der Waals surface area contributed by atoms with Crippen molar-refractivity contribution in [2.75, 3.05) is 23.7 Å². The highest BCUT2D eigenvalue weighted by Gasteiger charge is 2.16. The van der Waals surface area contributed by atoms with Gasteiger partial charge in [0.1, 0.15) is 0 Å². The van der Waals surface area contributed by atoms with Crippen LogP contribution < -0.4 is 21.7 Å². The number of hydrogen-bond acceptors (Lipinski definition) is 7. The van der Waals surface area contributed by atoms with E-state index in [1.54, 1.807) is 18.2 Å². The zero-order valence-electron chi connectivity index (χ0n) is 13.1. The predicted molar refractivity (Wildman–Crippen MR) is 92.7 cm³/mol. The molecule has 1 aliphatic rings. The molecule has 8 nitrogen and oxygen atoms in total. The molecular weight excluding hydrogens is 330 g/mol. The molecule has 1 fully saturated rings. The Labute approximate surface area is 144 Å². The predicted octanol–water partition coefficient (Wildman–Crippen LogP) is 1.45. The standard InChI is InChI=1S/C15H18ClN7O/c1-8-2-3-9(12(17)24)6-11(8)20-15-22-13(16)21-14(23-15)19-10-4-5-18-7-10/h2-3,6,10,18H,4-5,7H2,1H3,(H2,17,24)(H2,19,20,21,22,23)/t10-/m1/s1. The summed E-state index contributed by atoms with van der Waals surface area (Å²) in [5, 5.41) is 9.64. The van der Waals surface area contributed by atoms with E-state index >= 15 is 0 Å². The fourth-order valence-corrected chi connectivity index (χ4v) is 2.62. The van der Waals surface area contributed by atoms with Gasteiger partial charge in [-0.1, -0.05) is 6.07 Å². The van der Waals surface area contributed by atoms with E-state index in [1.165, 1.54) is 0 Å². The van der Waals surface area contributed by atoms with Crippen LogP contribution >= 0.6 is 11.6 Å². The van der Waals surface area contributed by atoms with Crippen LogP contribution in [0, 0.1) is 6.92 Å². The number of amides is 1. The third-order valence-electron chi connectivity index (χ3n) is 3.77. The molecule has 1 amide bonds. The number of nitrogens with two attached hydrogens (primary N) is 1. The quantitative estimate of drug-likeness (QED) is 0.646. The summed E-state index contributed by atoms with van der Waals surface area (Å²) in [5.41, 5.74) is 7.33. The van der Waals surface area contributed by atoms with Crippen molar-refractivity contribution < 1.29 is 4.79 Å². The molecule has 1 aromatic heterocycles. The third kappa shape index (κ3) is 3.90. The third-order valence-corrected chi connectivity index (χ3v) is 3.94. The first kappa shape index (κ1) is 16.4. The van der Waals surface area contributed by atoms with Gasteiger partial charge < -0.3 is 21.7 Å². The van der Waals surface area contributed by atoms with E-state index < -0.39 is 5.91 Å². The van der Waals surface area contributed by atoms with E-state index in [1.807, 2.05) is 6.92 Å². The van der Waals surface area contributed by atoms with Gasteiger partial charge in [0, 0.05) is 23.8 Å². The van der Waals surface area contributed by atoms with Crippen LogP contribution in [-0.4, -0.2) is 40.0 Å². The molecule has 0 saturated carbocycles. The number of nitrogens with one attached hydrogen (secondary N) is 3. The Morgan fingerprint density at radius 2 is 2.12 bits per heavy atom. The molecule has 3 rings (SSSR count). The number of halogens is 1. The normalized spacial score (nSPS) is 16.8. The summed E-state index contributed by atoms with van der Waals surface area (Å²) in [6.07, 6.45) is 0.992. The van der Waals surface area contributed by atoms with Crippen LogP contribution in [0.2, 0.25) is 5.28 Å². The summed E-state index contributed by atoms with van der Waals surface area (Å²) < 4.78 is 0.